The van der Waals surface area contributed by atoms with Gasteiger partial charge in [0.05, 0.1) is 0 Å². The van der Waals surface area contributed by atoms with Crippen LogP contribution in [0, 0.1) is 0 Å². The third kappa shape index (κ3) is 4.27. The monoisotopic (exact) mass is 297 g/mol. The summed E-state index contributed by atoms with van der Waals surface area (Å²) in [6.45, 7) is 10.3. The Morgan fingerprint density at radius 2 is 1.41 bits per heavy atom. The Kier molecular flexibility index (Phi) is 5.88. The molecule has 0 saturated carbocycles. The first-order chi connectivity index (χ1) is 10.6. The molecule has 1 N–H and O–H groups in total. The van der Waals surface area contributed by atoms with Gasteiger partial charge in [0.15, 0.2) is 0 Å². The Morgan fingerprint density at radius 3 is 2.09 bits per heavy atom. The summed E-state index contributed by atoms with van der Waals surface area (Å²) in [5.41, 5.74) is 3.83. The lowest BCUT2D eigenvalue weighted by Gasteiger charge is -2.16. The maximum atomic E-state index is 5.96. The van der Waals surface area contributed by atoms with E-state index in [1.54, 1.807) is 0 Å². The maximum Gasteiger partial charge on any atom is 0.122 e. The molecule has 0 saturated heterocycles. The molecule has 0 heterocycles. The molecule has 22 heavy (non-hydrogen) atoms. The molecule has 0 aliphatic carbocycles. The predicted molar refractivity (Wildman–Crippen MR) is 95.0 cm³/mol. The quantitative estimate of drug-likeness (QED) is 0.689. The first-order valence-electron chi connectivity index (χ1n) is 8.14. The summed E-state index contributed by atoms with van der Waals surface area (Å²) in [4.78, 5) is 0. The van der Waals surface area contributed by atoms with Gasteiger partial charge in [-0.2, -0.15) is 0 Å². The zero-order chi connectivity index (χ0) is 15.9. The van der Waals surface area contributed by atoms with E-state index in [2.05, 4.69) is 75.5 Å². The molecule has 0 radical (unpaired) electrons. The lowest BCUT2D eigenvalue weighted by atomic mass is 10.0. The van der Waals surface area contributed by atoms with E-state index < -0.39 is 0 Å². The average Bonchev–Trinajstić information content (AvgIpc) is 2.52. The molecular weight excluding hydrogens is 270 g/mol. The van der Waals surface area contributed by atoms with Gasteiger partial charge in [-0.15, -0.1) is 0 Å². The van der Waals surface area contributed by atoms with E-state index in [9.17, 15) is 0 Å². The second kappa shape index (κ2) is 7.88. The number of para-hydroxylation sites is 2. The summed E-state index contributed by atoms with van der Waals surface area (Å²) in [6, 6.07) is 16.8. The topological polar surface area (TPSA) is 21.3 Å². The Hall–Kier alpha value is -1.96. The van der Waals surface area contributed by atoms with Crippen LogP contribution in [0.3, 0.4) is 0 Å². The van der Waals surface area contributed by atoms with Crippen molar-refractivity contribution in [2.45, 2.75) is 39.5 Å². The summed E-state index contributed by atoms with van der Waals surface area (Å²) >= 11 is 0. The number of hydrogen-bond acceptors (Lipinski definition) is 2. The van der Waals surface area contributed by atoms with E-state index in [0.29, 0.717) is 18.4 Å². The van der Waals surface area contributed by atoms with Crippen LogP contribution in [0.5, 0.6) is 5.75 Å². The van der Waals surface area contributed by atoms with Gasteiger partial charge in [0.25, 0.3) is 0 Å². The van der Waals surface area contributed by atoms with Crippen molar-refractivity contribution in [2.75, 3.05) is 18.5 Å². The van der Waals surface area contributed by atoms with Crippen LogP contribution in [0.25, 0.3) is 0 Å². The van der Waals surface area contributed by atoms with Crippen molar-refractivity contribution in [3.8, 4) is 5.75 Å². The molecule has 2 rings (SSSR count). The lowest BCUT2D eigenvalue weighted by molar-refractivity contribution is 0.328. The van der Waals surface area contributed by atoms with Crippen LogP contribution in [0.1, 0.15) is 50.7 Å². The summed E-state index contributed by atoms with van der Waals surface area (Å²) in [5.74, 6) is 1.99. The van der Waals surface area contributed by atoms with Crippen LogP contribution in [0.4, 0.5) is 5.69 Å². The molecule has 0 aliphatic rings. The number of ether oxygens (including phenoxy) is 1. The van der Waals surface area contributed by atoms with Crippen molar-refractivity contribution < 1.29 is 4.74 Å². The third-order valence-electron chi connectivity index (χ3n) is 3.80. The summed E-state index contributed by atoms with van der Waals surface area (Å²) in [7, 11) is 0. The highest BCUT2D eigenvalue weighted by Crippen LogP contribution is 2.26. The second-order valence-electron chi connectivity index (χ2n) is 6.21. The van der Waals surface area contributed by atoms with Gasteiger partial charge in [-0.3, -0.25) is 0 Å². The van der Waals surface area contributed by atoms with Gasteiger partial charge in [-0.1, -0.05) is 64.1 Å². The Bertz CT molecular complexity index is 536. The number of anilines is 1. The highest BCUT2D eigenvalue weighted by molar-refractivity contribution is 5.52. The molecule has 0 unspecified atom stereocenters. The minimum absolute atomic E-state index is 0.478. The molecule has 2 nitrogen and oxygen atoms in total. The molecule has 0 aliphatic heterocycles. The first-order valence-corrected chi connectivity index (χ1v) is 8.14. The predicted octanol–water partition coefficient (Wildman–Crippen LogP) is 5.42. The highest BCUT2D eigenvalue weighted by atomic mass is 16.5. The van der Waals surface area contributed by atoms with E-state index in [0.717, 1.165) is 12.3 Å². The van der Waals surface area contributed by atoms with E-state index in [1.807, 2.05) is 6.07 Å². The van der Waals surface area contributed by atoms with Crippen LogP contribution in [-0.4, -0.2) is 13.2 Å². The highest BCUT2D eigenvalue weighted by Gasteiger charge is 2.07. The SMILES string of the molecule is CC(C)c1ccccc1NCCOc1ccccc1C(C)C. The van der Waals surface area contributed by atoms with Crippen LogP contribution in [0.2, 0.25) is 0 Å². The van der Waals surface area contributed by atoms with Gasteiger partial charge in [0, 0.05) is 12.2 Å². The number of nitrogens with one attached hydrogen (secondary N) is 1. The van der Waals surface area contributed by atoms with Crippen molar-refractivity contribution in [3.05, 3.63) is 59.7 Å². The molecule has 0 spiro atoms. The van der Waals surface area contributed by atoms with Crippen LogP contribution >= 0.6 is 0 Å². The zero-order valence-electron chi connectivity index (χ0n) is 14.1. The van der Waals surface area contributed by atoms with E-state index >= 15 is 0 Å². The lowest BCUT2D eigenvalue weighted by Crippen LogP contribution is -2.13. The first kappa shape index (κ1) is 16.4. The van der Waals surface area contributed by atoms with Gasteiger partial charge in [0.2, 0.25) is 0 Å². The Morgan fingerprint density at radius 1 is 0.818 bits per heavy atom. The van der Waals surface area contributed by atoms with E-state index in [1.165, 1.54) is 16.8 Å². The Balaban J connectivity index is 1.91. The maximum absolute atomic E-state index is 5.96. The number of rotatable bonds is 7. The minimum Gasteiger partial charge on any atom is -0.491 e. The fourth-order valence-corrected chi connectivity index (χ4v) is 2.60. The van der Waals surface area contributed by atoms with E-state index in [4.69, 9.17) is 4.74 Å². The number of hydrogen-bond donors (Lipinski definition) is 1. The van der Waals surface area contributed by atoms with Gasteiger partial charge < -0.3 is 10.1 Å². The van der Waals surface area contributed by atoms with Gasteiger partial charge in [-0.25, -0.2) is 0 Å². The smallest absolute Gasteiger partial charge is 0.122 e. The zero-order valence-corrected chi connectivity index (χ0v) is 14.1. The van der Waals surface area contributed by atoms with Gasteiger partial charge in [0.1, 0.15) is 12.4 Å². The average molecular weight is 297 g/mol. The van der Waals surface area contributed by atoms with E-state index in [-0.39, 0.29) is 0 Å². The van der Waals surface area contributed by atoms with Crippen LogP contribution in [-0.2, 0) is 0 Å². The van der Waals surface area contributed by atoms with Gasteiger partial charge >= 0.3 is 0 Å². The van der Waals surface area contributed by atoms with Crippen molar-refractivity contribution >= 4 is 5.69 Å². The van der Waals surface area contributed by atoms with Crippen molar-refractivity contribution in [1.29, 1.82) is 0 Å². The summed E-state index contributed by atoms with van der Waals surface area (Å²) < 4.78 is 5.96. The van der Waals surface area contributed by atoms with Crippen molar-refractivity contribution in [1.82, 2.24) is 0 Å². The van der Waals surface area contributed by atoms with Crippen molar-refractivity contribution in [3.63, 3.8) is 0 Å². The van der Waals surface area contributed by atoms with Crippen LogP contribution < -0.4 is 10.1 Å². The fraction of sp³-hybridized carbons (Fsp3) is 0.400. The molecule has 118 valence electrons. The molecule has 0 fully saturated rings. The fourth-order valence-electron chi connectivity index (χ4n) is 2.60. The molecule has 2 heteroatoms. The standard InChI is InChI=1S/C20H27NO/c1-15(2)17-9-5-7-11-19(17)21-13-14-22-20-12-8-6-10-18(20)16(3)4/h5-12,15-16,21H,13-14H2,1-4H3. The third-order valence-corrected chi connectivity index (χ3v) is 3.80. The van der Waals surface area contributed by atoms with Gasteiger partial charge in [-0.05, 0) is 35.1 Å². The molecular formula is C20H27NO. The molecule has 0 atom stereocenters. The Labute approximate surface area is 134 Å². The minimum atomic E-state index is 0.478. The molecule has 0 bridgehead atoms. The number of benzene rings is 2. The summed E-state index contributed by atoms with van der Waals surface area (Å²) in [5, 5.41) is 3.49. The van der Waals surface area contributed by atoms with Crippen molar-refractivity contribution in [2.24, 2.45) is 0 Å². The largest absolute Gasteiger partial charge is 0.491 e. The molecule has 0 amide bonds. The van der Waals surface area contributed by atoms with Crippen LogP contribution in [0.15, 0.2) is 48.5 Å². The molecule has 0 aromatic heterocycles. The molecule has 2 aromatic rings. The molecule has 2 aromatic carbocycles. The second-order valence-corrected chi connectivity index (χ2v) is 6.21. The summed E-state index contributed by atoms with van der Waals surface area (Å²) in [6.07, 6.45) is 0. The normalized spacial score (nSPS) is 11.0.